The first-order valence-electron chi connectivity index (χ1n) is 10.7. The zero-order valence-electron chi connectivity index (χ0n) is 20.4. The standard InChI is InChI=1S/C23H46O5/c1-12-19(24)25-14-15-26-21(6,7)17-28-23(10,11)22(8,9)18(3)16-27-20(4,5)13-2/h18H,12-17H2,1-11H3. The largest absolute Gasteiger partial charge is 0.463 e. The van der Waals surface area contributed by atoms with E-state index in [0.717, 1.165) is 6.42 Å². The van der Waals surface area contributed by atoms with Crippen molar-refractivity contribution in [2.45, 2.75) is 106 Å². The van der Waals surface area contributed by atoms with Crippen molar-refractivity contribution in [3.63, 3.8) is 0 Å². The van der Waals surface area contributed by atoms with Crippen LogP contribution >= 0.6 is 0 Å². The van der Waals surface area contributed by atoms with Crippen LogP contribution in [0.2, 0.25) is 0 Å². The van der Waals surface area contributed by atoms with E-state index >= 15 is 0 Å². The summed E-state index contributed by atoms with van der Waals surface area (Å²) < 4.78 is 23.4. The molecule has 0 fully saturated rings. The molecule has 0 aromatic carbocycles. The van der Waals surface area contributed by atoms with Crippen molar-refractivity contribution in [1.82, 2.24) is 0 Å². The lowest BCUT2D eigenvalue weighted by atomic mass is 9.68. The van der Waals surface area contributed by atoms with E-state index in [2.05, 4.69) is 55.4 Å². The maximum atomic E-state index is 11.2. The van der Waals surface area contributed by atoms with Crippen molar-refractivity contribution < 1.29 is 23.7 Å². The van der Waals surface area contributed by atoms with Crippen molar-refractivity contribution in [3.8, 4) is 0 Å². The van der Waals surface area contributed by atoms with E-state index in [1.807, 2.05) is 13.8 Å². The first-order chi connectivity index (χ1) is 12.6. The molecule has 0 N–H and O–H groups in total. The van der Waals surface area contributed by atoms with Crippen LogP contribution in [0.1, 0.15) is 89.0 Å². The summed E-state index contributed by atoms with van der Waals surface area (Å²) in [5, 5.41) is 0. The van der Waals surface area contributed by atoms with Gasteiger partial charge in [0.25, 0.3) is 0 Å². The van der Waals surface area contributed by atoms with Gasteiger partial charge in [-0.25, -0.2) is 0 Å². The van der Waals surface area contributed by atoms with Gasteiger partial charge in [-0.3, -0.25) is 4.79 Å². The highest BCUT2D eigenvalue weighted by atomic mass is 16.6. The number of rotatable bonds is 14. The Morgan fingerprint density at radius 2 is 1.39 bits per heavy atom. The van der Waals surface area contributed by atoms with Gasteiger partial charge < -0.3 is 18.9 Å². The molecular formula is C23H46O5. The topological polar surface area (TPSA) is 54.0 Å². The van der Waals surface area contributed by atoms with E-state index in [9.17, 15) is 4.79 Å². The number of hydrogen-bond donors (Lipinski definition) is 0. The number of ether oxygens (including phenoxy) is 4. The molecule has 0 aromatic heterocycles. The lowest BCUT2D eigenvalue weighted by molar-refractivity contribution is -0.179. The van der Waals surface area contributed by atoms with Gasteiger partial charge in [0.05, 0.1) is 36.6 Å². The minimum Gasteiger partial charge on any atom is -0.463 e. The third-order valence-corrected chi connectivity index (χ3v) is 6.27. The third kappa shape index (κ3) is 9.23. The van der Waals surface area contributed by atoms with Crippen LogP contribution in [-0.4, -0.2) is 49.2 Å². The Morgan fingerprint density at radius 1 is 0.821 bits per heavy atom. The molecule has 5 heteroatoms. The highest BCUT2D eigenvalue weighted by Crippen LogP contribution is 2.41. The second-order valence-corrected chi connectivity index (χ2v) is 10.0. The number of carbonyl (C=O) groups excluding carboxylic acids is 1. The van der Waals surface area contributed by atoms with Gasteiger partial charge in [-0.15, -0.1) is 0 Å². The van der Waals surface area contributed by atoms with Crippen molar-refractivity contribution in [2.24, 2.45) is 11.3 Å². The molecular weight excluding hydrogens is 356 g/mol. The molecule has 0 amide bonds. The number of esters is 1. The summed E-state index contributed by atoms with van der Waals surface area (Å²) in [4.78, 5) is 11.2. The highest BCUT2D eigenvalue weighted by molar-refractivity contribution is 5.68. The summed E-state index contributed by atoms with van der Waals surface area (Å²) in [6.45, 7) is 24.9. The first kappa shape index (κ1) is 27.4. The fourth-order valence-corrected chi connectivity index (χ4v) is 2.41. The molecule has 0 aliphatic heterocycles. The predicted octanol–water partition coefficient (Wildman–Crippen LogP) is 5.40. The van der Waals surface area contributed by atoms with Crippen LogP contribution in [0.5, 0.6) is 0 Å². The summed E-state index contributed by atoms with van der Waals surface area (Å²) in [7, 11) is 0. The normalized spacial score (nSPS) is 14.8. The Hall–Kier alpha value is -0.650. The molecule has 0 saturated heterocycles. The Labute approximate surface area is 173 Å². The van der Waals surface area contributed by atoms with Gasteiger partial charge in [-0.1, -0.05) is 34.6 Å². The molecule has 1 unspecified atom stereocenters. The molecule has 0 rings (SSSR count). The molecule has 0 bridgehead atoms. The van der Waals surface area contributed by atoms with Crippen molar-refractivity contribution in [3.05, 3.63) is 0 Å². The van der Waals surface area contributed by atoms with E-state index in [1.165, 1.54) is 0 Å². The SMILES string of the molecule is CCC(=O)OCCOC(C)(C)COC(C)(C)C(C)(C)C(C)COC(C)(C)CC. The summed E-state index contributed by atoms with van der Waals surface area (Å²) in [6.07, 6.45) is 1.37. The van der Waals surface area contributed by atoms with Crippen molar-refractivity contribution in [1.29, 1.82) is 0 Å². The van der Waals surface area contributed by atoms with Gasteiger partial charge in [0.1, 0.15) is 6.61 Å². The van der Waals surface area contributed by atoms with Gasteiger partial charge in [-0.2, -0.15) is 0 Å². The number of carbonyl (C=O) groups is 1. The molecule has 0 aliphatic rings. The second-order valence-electron chi connectivity index (χ2n) is 10.0. The van der Waals surface area contributed by atoms with Crippen LogP contribution < -0.4 is 0 Å². The van der Waals surface area contributed by atoms with Gasteiger partial charge in [-0.05, 0) is 59.3 Å². The van der Waals surface area contributed by atoms with Crippen LogP contribution in [0.25, 0.3) is 0 Å². The average Bonchev–Trinajstić information content (AvgIpc) is 2.61. The zero-order chi connectivity index (χ0) is 22.2. The average molecular weight is 403 g/mol. The smallest absolute Gasteiger partial charge is 0.305 e. The van der Waals surface area contributed by atoms with Gasteiger partial charge in [0.15, 0.2) is 0 Å². The molecule has 0 radical (unpaired) electrons. The first-order valence-corrected chi connectivity index (χ1v) is 10.7. The summed E-state index contributed by atoms with van der Waals surface area (Å²) >= 11 is 0. The molecule has 0 aromatic rings. The highest BCUT2D eigenvalue weighted by Gasteiger charge is 2.43. The van der Waals surface area contributed by atoms with E-state index in [4.69, 9.17) is 18.9 Å². The Balaban J connectivity index is 4.66. The van der Waals surface area contributed by atoms with Gasteiger partial charge in [0, 0.05) is 6.42 Å². The molecule has 0 saturated carbocycles. The summed E-state index contributed by atoms with van der Waals surface area (Å²) in [5.41, 5.74) is -1.02. The zero-order valence-corrected chi connectivity index (χ0v) is 20.4. The van der Waals surface area contributed by atoms with Crippen molar-refractivity contribution >= 4 is 5.97 Å². The molecule has 168 valence electrons. The molecule has 0 spiro atoms. The number of hydrogen-bond acceptors (Lipinski definition) is 5. The van der Waals surface area contributed by atoms with Gasteiger partial charge in [0.2, 0.25) is 0 Å². The monoisotopic (exact) mass is 402 g/mol. The van der Waals surface area contributed by atoms with E-state index in [0.29, 0.717) is 32.2 Å². The Morgan fingerprint density at radius 3 is 1.89 bits per heavy atom. The summed E-state index contributed by atoms with van der Waals surface area (Å²) in [6, 6.07) is 0. The molecule has 1 atom stereocenters. The van der Waals surface area contributed by atoms with Crippen LogP contribution in [0, 0.1) is 11.3 Å². The molecule has 0 heterocycles. The van der Waals surface area contributed by atoms with Crippen molar-refractivity contribution in [2.75, 3.05) is 26.4 Å². The fraction of sp³-hybridized carbons (Fsp3) is 0.957. The lowest BCUT2D eigenvalue weighted by Gasteiger charge is -2.47. The maximum absolute atomic E-state index is 11.2. The van der Waals surface area contributed by atoms with E-state index in [-0.39, 0.29) is 29.2 Å². The van der Waals surface area contributed by atoms with E-state index < -0.39 is 5.60 Å². The van der Waals surface area contributed by atoms with Crippen LogP contribution in [0.15, 0.2) is 0 Å². The van der Waals surface area contributed by atoms with Crippen LogP contribution in [-0.2, 0) is 23.7 Å². The fourth-order valence-electron chi connectivity index (χ4n) is 2.41. The van der Waals surface area contributed by atoms with Crippen LogP contribution in [0.4, 0.5) is 0 Å². The van der Waals surface area contributed by atoms with Gasteiger partial charge >= 0.3 is 5.97 Å². The predicted molar refractivity (Wildman–Crippen MR) is 115 cm³/mol. The summed E-state index contributed by atoms with van der Waals surface area (Å²) in [5.74, 6) is 0.119. The van der Waals surface area contributed by atoms with E-state index in [1.54, 1.807) is 6.92 Å². The molecule has 5 nitrogen and oxygen atoms in total. The second kappa shape index (κ2) is 10.9. The Kier molecular flexibility index (Phi) is 10.7. The molecule has 28 heavy (non-hydrogen) atoms. The quantitative estimate of drug-likeness (QED) is 0.288. The Bertz CT molecular complexity index is 466. The minimum atomic E-state index is -0.462. The lowest BCUT2D eigenvalue weighted by Crippen LogP contribution is -2.50. The maximum Gasteiger partial charge on any atom is 0.305 e. The van der Waals surface area contributed by atoms with Crippen LogP contribution in [0.3, 0.4) is 0 Å². The molecule has 0 aliphatic carbocycles. The third-order valence-electron chi connectivity index (χ3n) is 6.27. The minimum absolute atomic E-state index is 0.0937.